The van der Waals surface area contributed by atoms with E-state index in [1.165, 1.54) is 6.42 Å². The molecule has 0 aromatic carbocycles. The molecule has 1 saturated carbocycles. The molecule has 0 spiro atoms. The molecule has 1 aliphatic heterocycles. The minimum Gasteiger partial charge on any atom is -0.395 e. The lowest BCUT2D eigenvalue weighted by molar-refractivity contribution is -0.121. The quantitative estimate of drug-likeness (QED) is 0.706. The summed E-state index contributed by atoms with van der Waals surface area (Å²) in [5.41, 5.74) is 0. The molecule has 2 aliphatic rings. The normalized spacial score (nSPS) is 24.6. The van der Waals surface area contributed by atoms with E-state index in [2.05, 4.69) is 10.6 Å². The molecule has 0 aromatic heterocycles. The van der Waals surface area contributed by atoms with E-state index in [0.29, 0.717) is 0 Å². The number of carbonyl (C=O) groups is 2. The Morgan fingerprint density at radius 2 is 1.85 bits per heavy atom. The summed E-state index contributed by atoms with van der Waals surface area (Å²) in [4.78, 5) is 25.5. The summed E-state index contributed by atoms with van der Waals surface area (Å²) in [5, 5.41) is 14.4. The monoisotopic (exact) mass is 283 g/mol. The lowest BCUT2D eigenvalue weighted by Gasteiger charge is -2.24. The molecule has 1 saturated heterocycles. The maximum Gasteiger partial charge on any atom is 0.321 e. The van der Waals surface area contributed by atoms with Crippen LogP contribution in [-0.4, -0.2) is 53.7 Å². The molecule has 1 heterocycles. The number of nitrogens with one attached hydrogen (secondary N) is 2. The molecule has 1 atom stereocenters. The molecule has 114 valence electrons. The number of hydrogen-bond donors (Lipinski definition) is 3. The van der Waals surface area contributed by atoms with Crippen LogP contribution in [0.1, 0.15) is 44.9 Å². The fraction of sp³-hybridized carbons (Fsp3) is 0.857. The highest BCUT2D eigenvalue weighted by molar-refractivity contribution is 5.95. The zero-order chi connectivity index (χ0) is 14.4. The van der Waals surface area contributed by atoms with Gasteiger partial charge < -0.3 is 10.4 Å². The molecule has 20 heavy (non-hydrogen) atoms. The van der Waals surface area contributed by atoms with Crippen LogP contribution >= 0.6 is 0 Å². The van der Waals surface area contributed by atoms with Crippen LogP contribution in [0.2, 0.25) is 0 Å². The third-order valence-electron chi connectivity index (χ3n) is 4.25. The third-order valence-corrected chi connectivity index (χ3v) is 4.25. The second-order valence-electron chi connectivity index (χ2n) is 5.81. The van der Waals surface area contributed by atoms with E-state index in [-0.39, 0.29) is 37.2 Å². The lowest BCUT2D eigenvalue weighted by atomic mass is 9.96. The zero-order valence-corrected chi connectivity index (χ0v) is 11.9. The van der Waals surface area contributed by atoms with Gasteiger partial charge in [-0.2, -0.15) is 0 Å². The number of hydrogen-bond acceptors (Lipinski definition) is 4. The second-order valence-corrected chi connectivity index (χ2v) is 5.81. The summed E-state index contributed by atoms with van der Waals surface area (Å²) in [7, 11) is 0. The fourth-order valence-electron chi connectivity index (χ4n) is 3.13. The number of nitrogens with zero attached hydrogens (tertiary/aromatic N) is 1. The van der Waals surface area contributed by atoms with E-state index < -0.39 is 0 Å². The highest BCUT2D eigenvalue weighted by Crippen LogP contribution is 2.17. The molecular formula is C14H25N3O3. The maximum absolute atomic E-state index is 11.8. The number of aliphatic hydroxyl groups excluding tert-OH is 1. The smallest absolute Gasteiger partial charge is 0.321 e. The molecule has 0 radical (unpaired) electrons. The van der Waals surface area contributed by atoms with Crippen LogP contribution in [0.5, 0.6) is 0 Å². The Morgan fingerprint density at radius 1 is 1.10 bits per heavy atom. The molecule has 6 nitrogen and oxygen atoms in total. The topological polar surface area (TPSA) is 81.7 Å². The maximum atomic E-state index is 11.8. The summed E-state index contributed by atoms with van der Waals surface area (Å²) >= 11 is 0. The predicted octanol–water partition coefficient (Wildman–Crippen LogP) is 0.602. The highest BCUT2D eigenvalue weighted by Gasteiger charge is 2.26. The van der Waals surface area contributed by atoms with Gasteiger partial charge in [-0.15, -0.1) is 0 Å². The van der Waals surface area contributed by atoms with Crippen molar-refractivity contribution in [3.8, 4) is 0 Å². The molecule has 6 heteroatoms. The van der Waals surface area contributed by atoms with Crippen molar-refractivity contribution >= 4 is 11.9 Å². The van der Waals surface area contributed by atoms with Gasteiger partial charge in [0, 0.05) is 12.1 Å². The number of rotatable bonds is 4. The Bertz CT molecular complexity index is 343. The number of aliphatic hydroxyl groups is 1. The van der Waals surface area contributed by atoms with Gasteiger partial charge in [0.2, 0.25) is 5.91 Å². The van der Waals surface area contributed by atoms with E-state index in [4.69, 9.17) is 0 Å². The van der Waals surface area contributed by atoms with Gasteiger partial charge in [0.25, 0.3) is 0 Å². The average Bonchev–Trinajstić information content (AvgIpc) is 2.86. The fourth-order valence-corrected chi connectivity index (χ4v) is 3.13. The van der Waals surface area contributed by atoms with E-state index in [1.54, 1.807) is 0 Å². The standard InChI is InChI=1S/C14H25N3O3/c18-10-12-7-4-8-17(12)9-13(19)16-14(20)15-11-5-2-1-3-6-11/h11-12,18H,1-10H2,(H2,15,16,19,20)/t12-/m0/s1. The first-order valence-electron chi connectivity index (χ1n) is 7.64. The van der Waals surface area contributed by atoms with E-state index in [1.807, 2.05) is 4.90 Å². The Kier molecular flexibility index (Phi) is 5.79. The Labute approximate surface area is 119 Å². The van der Waals surface area contributed by atoms with Gasteiger partial charge in [0.15, 0.2) is 0 Å². The second kappa shape index (κ2) is 7.59. The predicted molar refractivity (Wildman–Crippen MR) is 75.2 cm³/mol. The molecule has 2 rings (SSSR count). The average molecular weight is 283 g/mol. The van der Waals surface area contributed by atoms with Crippen LogP contribution in [0.25, 0.3) is 0 Å². The van der Waals surface area contributed by atoms with E-state index in [0.717, 1.165) is 45.1 Å². The van der Waals surface area contributed by atoms with Crippen LogP contribution < -0.4 is 10.6 Å². The molecule has 0 unspecified atom stereocenters. The van der Waals surface area contributed by atoms with Crippen LogP contribution in [0.3, 0.4) is 0 Å². The number of urea groups is 1. The number of likely N-dealkylation sites (tertiary alicyclic amines) is 1. The Balaban J connectivity index is 1.69. The van der Waals surface area contributed by atoms with Crippen molar-refractivity contribution in [1.29, 1.82) is 0 Å². The lowest BCUT2D eigenvalue weighted by Crippen LogP contribution is -2.48. The molecule has 0 aromatic rings. The SMILES string of the molecule is O=C(CN1CCC[C@H]1CO)NC(=O)NC1CCCCC1. The molecular weight excluding hydrogens is 258 g/mol. The van der Waals surface area contributed by atoms with Crippen molar-refractivity contribution in [2.45, 2.75) is 57.0 Å². The highest BCUT2D eigenvalue weighted by atomic mass is 16.3. The summed E-state index contributed by atoms with van der Waals surface area (Å²) in [5.74, 6) is -0.293. The number of imide groups is 1. The molecule has 3 N–H and O–H groups in total. The van der Waals surface area contributed by atoms with E-state index in [9.17, 15) is 14.7 Å². The minimum atomic E-state index is -0.387. The van der Waals surface area contributed by atoms with Gasteiger partial charge in [-0.3, -0.25) is 15.0 Å². The van der Waals surface area contributed by atoms with Crippen molar-refractivity contribution in [3.05, 3.63) is 0 Å². The van der Waals surface area contributed by atoms with Crippen LogP contribution in [0.15, 0.2) is 0 Å². The number of amides is 3. The molecule has 3 amide bonds. The van der Waals surface area contributed by atoms with Gasteiger partial charge in [-0.05, 0) is 32.2 Å². The largest absolute Gasteiger partial charge is 0.395 e. The van der Waals surface area contributed by atoms with Gasteiger partial charge in [-0.1, -0.05) is 19.3 Å². The van der Waals surface area contributed by atoms with Gasteiger partial charge in [0.05, 0.1) is 13.2 Å². The van der Waals surface area contributed by atoms with Crippen molar-refractivity contribution < 1.29 is 14.7 Å². The summed E-state index contributed by atoms with van der Waals surface area (Å²) in [6, 6.07) is -0.127. The van der Waals surface area contributed by atoms with Gasteiger partial charge >= 0.3 is 6.03 Å². The Hall–Kier alpha value is -1.14. The van der Waals surface area contributed by atoms with Crippen molar-refractivity contribution in [3.63, 3.8) is 0 Å². The Morgan fingerprint density at radius 3 is 2.55 bits per heavy atom. The van der Waals surface area contributed by atoms with Crippen molar-refractivity contribution in [2.24, 2.45) is 0 Å². The van der Waals surface area contributed by atoms with Crippen LogP contribution in [0, 0.1) is 0 Å². The van der Waals surface area contributed by atoms with Gasteiger partial charge in [-0.25, -0.2) is 4.79 Å². The first-order valence-corrected chi connectivity index (χ1v) is 7.64. The molecule has 1 aliphatic carbocycles. The first-order chi connectivity index (χ1) is 9.69. The van der Waals surface area contributed by atoms with Crippen LogP contribution in [-0.2, 0) is 4.79 Å². The summed E-state index contributed by atoms with van der Waals surface area (Å²) in [6.45, 7) is 1.06. The number of carbonyl (C=O) groups excluding carboxylic acids is 2. The van der Waals surface area contributed by atoms with Gasteiger partial charge in [0.1, 0.15) is 0 Å². The van der Waals surface area contributed by atoms with Crippen LogP contribution in [0.4, 0.5) is 4.79 Å². The summed E-state index contributed by atoms with van der Waals surface area (Å²) < 4.78 is 0. The minimum absolute atomic E-state index is 0.0576. The first kappa shape index (κ1) is 15.3. The molecule has 0 bridgehead atoms. The zero-order valence-electron chi connectivity index (χ0n) is 11.9. The van der Waals surface area contributed by atoms with E-state index >= 15 is 0 Å². The third kappa shape index (κ3) is 4.45. The van der Waals surface area contributed by atoms with Crippen molar-refractivity contribution in [2.75, 3.05) is 19.7 Å². The molecule has 2 fully saturated rings. The summed E-state index contributed by atoms with van der Waals surface area (Å²) in [6.07, 6.45) is 7.43. The van der Waals surface area contributed by atoms with Crippen molar-refractivity contribution in [1.82, 2.24) is 15.5 Å².